The topological polar surface area (TPSA) is 36.7 Å². The first-order valence-corrected chi connectivity index (χ1v) is 8.22. The molecular formula is C19H12Cl2N2. The lowest BCUT2D eigenvalue weighted by Crippen LogP contribution is -1.98. The van der Waals surface area contributed by atoms with E-state index in [1.54, 1.807) is 0 Å². The summed E-state index contributed by atoms with van der Waals surface area (Å²) < 4.78 is 0. The van der Waals surface area contributed by atoms with E-state index in [4.69, 9.17) is 28.2 Å². The molecule has 0 unspecified atom stereocenters. The summed E-state index contributed by atoms with van der Waals surface area (Å²) in [6, 6.07) is 15.6. The smallest absolute Gasteiger partial charge is 0.102 e. The lowest BCUT2D eigenvalue weighted by atomic mass is 9.93. The highest BCUT2D eigenvalue weighted by Crippen LogP contribution is 2.45. The molecule has 1 fully saturated rings. The molecule has 4 rings (SSSR count). The van der Waals surface area contributed by atoms with E-state index < -0.39 is 0 Å². The molecule has 2 aromatic carbocycles. The number of hydrogen-bond acceptors (Lipinski definition) is 2. The van der Waals surface area contributed by atoms with E-state index >= 15 is 0 Å². The van der Waals surface area contributed by atoms with Crippen molar-refractivity contribution in [3.05, 3.63) is 63.8 Å². The van der Waals surface area contributed by atoms with Gasteiger partial charge in [0.05, 0.1) is 16.8 Å². The molecule has 0 saturated heterocycles. The fraction of sp³-hybridized carbons (Fsp3) is 0.158. The summed E-state index contributed by atoms with van der Waals surface area (Å²) in [6.07, 6.45) is 2.19. The zero-order valence-corrected chi connectivity index (χ0v) is 13.7. The normalized spacial score (nSPS) is 14.0. The number of nitriles is 1. The molecular weight excluding hydrogens is 327 g/mol. The van der Waals surface area contributed by atoms with Crippen molar-refractivity contribution in [1.82, 2.24) is 4.98 Å². The lowest BCUT2D eigenvalue weighted by molar-refractivity contribution is 1.03. The van der Waals surface area contributed by atoms with Crippen LogP contribution in [-0.2, 0) is 0 Å². The molecule has 23 heavy (non-hydrogen) atoms. The average Bonchev–Trinajstić information content (AvgIpc) is 3.37. The second-order valence-corrected chi connectivity index (χ2v) is 6.68. The van der Waals surface area contributed by atoms with E-state index in [1.165, 1.54) is 0 Å². The molecule has 1 aliphatic carbocycles. The Hall–Kier alpha value is -2.08. The van der Waals surface area contributed by atoms with E-state index in [2.05, 4.69) is 6.07 Å². The third kappa shape index (κ3) is 2.57. The highest BCUT2D eigenvalue weighted by Gasteiger charge is 2.30. The van der Waals surface area contributed by atoms with Crippen molar-refractivity contribution >= 4 is 34.1 Å². The van der Waals surface area contributed by atoms with Crippen LogP contribution in [0.3, 0.4) is 0 Å². The standard InChI is InChI=1S/C19H12Cl2N2/c20-13-3-1-2-12(8-13)18-15-9-14(21)6-7-17(15)23-19(11-4-5-11)16(18)10-22/h1-3,6-9,11H,4-5H2. The van der Waals surface area contributed by atoms with Gasteiger partial charge >= 0.3 is 0 Å². The minimum Gasteiger partial charge on any atom is -0.251 e. The van der Waals surface area contributed by atoms with Crippen LogP contribution in [0.25, 0.3) is 22.0 Å². The number of fused-ring (bicyclic) bond motifs is 1. The predicted molar refractivity (Wildman–Crippen MR) is 93.9 cm³/mol. The van der Waals surface area contributed by atoms with E-state index in [1.807, 2.05) is 42.5 Å². The summed E-state index contributed by atoms with van der Waals surface area (Å²) in [6.45, 7) is 0. The number of halogens is 2. The van der Waals surface area contributed by atoms with Gasteiger partial charge in [0, 0.05) is 26.9 Å². The maximum atomic E-state index is 9.78. The van der Waals surface area contributed by atoms with Crippen molar-refractivity contribution in [2.45, 2.75) is 18.8 Å². The Morgan fingerprint density at radius 3 is 2.52 bits per heavy atom. The monoisotopic (exact) mass is 338 g/mol. The minimum absolute atomic E-state index is 0.391. The summed E-state index contributed by atoms with van der Waals surface area (Å²) in [4.78, 5) is 4.74. The van der Waals surface area contributed by atoms with Gasteiger partial charge in [0.1, 0.15) is 6.07 Å². The molecule has 0 bridgehead atoms. The SMILES string of the molecule is N#Cc1c(C2CC2)nc2ccc(Cl)cc2c1-c1cccc(Cl)c1. The van der Waals surface area contributed by atoms with Crippen molar-refractivity contribution in [2.75, 3.05) is 0 Å². The second kappa shape index (κ2) is 5.53. The van der Waals surface area contributed by atoms with Crippen LogP contribution in [0.5, 0.6) is 0 Å². The maximum absolute atomic E-state index is 9.78. The number of nitrogens with zero attached hydrogens (tertiary/aromatic N) is 2. The molecule has 2 nitrogen and oxygen atoms in total. The summed E-state index contributed by atoms with van der Waals surface area (Å²) in [5.74, 6) is 0.391. The van der Waals surface area contributed by atoms with Crippen LogP contribution in [0, 0.1) is 11.3 Å². The van der Waals surface area contributed by atoms with Gasteiger partial charge in [-0.1, -0.05) is 35.3 Å². The van der Waals surface area contributed by atoms with Crippen LogP contribution in [0.15, 0.2) is 42.5 Å². The molecule has 0 spiro atoms. The molecule has 1 saturated carbocycles. The Balaban J connectivity index is 2.13. The van der Waals surface area contributed by atoms with E-state index in [9.17, 15) is 5.26 Å². The number of hydrogen-bond donors (Lipinski definition) is 0. The van der Waals surface area contributed by atoms with E-state index in [0.29, 0.717) is 21.5 Å². The van der Waals surface area contributed by atoms with Crippen LogP contribution >= 0.6 is 23.2 Å². The molecule has 0 N–H and O–H groups in total. The van der Waals surface area contributed by atoms with Crippen molar-refractivity contribution in [2.24, 2.45) is 0 Å². The van der Waals surface area contributed by atoms with Crippen LogP contribution in [0.2, 0.25) is 10.0 Å². The third-order valence-corrected chi connectivity index (χ3v) is 4.63. The van der Waals surface area contributed by atoms with Gasteiger partial charge in [0.15, 0.2) is 0 Å². The fourth-order valence-electron chi connectivity index (χ4n) is 2.96. The van der Waals surface area contributed by atoms with Crippen LogP contribution in [-0.4, -0.2) is 4.98 Å². The van der Waals surface area contributed by atoms with Crippen LogP contribution in [0.1, 0.15) is 30.0 Å². The molecule has 112 valence electrons. The van der Waals surface area contributed by atoms with Crippen molar-refractivity contribution in [3.8, 4) is 17.2 Å². The molecule has 1 heterocycles. The molecule has 1 aliphatic rings. The van der Waals surface area contributed by atoms with Gasteiger partial charge < -0.3 is 0 Å². The largest absolute Gasteiger partial charge is 0.251 e. The Bertz CT molecular complexity index is 969. The first-order chi connectivity index (χ1) is 11.2. The third-order valence-electron chi connectivity index (χ3n) is 4.16. The highest BCUT2D eigenvalue weighted by atomic mass is 35.5. The highest BCUT2D eigenvalue weighted by molar-refractivity contribution is 6.32. The first kappa shape index (κ1) is 14.5. The Kier molecular flexibility index (Phi) is 3.49. The van der Waals surface area contributed by atoms with Crippen LogP contribution < -0.4 is 0 Å². The van der Waals surface area contributed by atoms with Gasteiger partial charge in [-0.15, -0.1) is 0 Å². The molecule has 0 amide bonds. The Morgan fingerprint density at radius 2 is 1.83 bits per heavy atom. The van der Waals surface area contributed by atoms with E-state index in [-0.39, 0.29) is 0 Å². The number of aromatic nitrogens is 1. The van der Waals surface area contributed by atoms with Crippen LogP contribution in [0.4, 0.5) is 0 Å². The number of pyridine rings is 1. The summed E-state index contributed by atoms with van der Waals surface area (Å²) in [5, 5.41) is 11.9. The van der Waals surface area contributed by atoms with Gasteiger partial charge in [-0.05, 0) is 48.7 Å². The Labute approximate surface area is 144 Å². The second-order valence-electron chi connectivity index (χ2n) is 5.80. The molecule has 0 aliphatic heterocycles. The Morgan fingerprint density at radius 1 is 1.04 bits per heavy atom. The molecule has 1 aromatic heterocycles. The van der Waals surface area contributed by atoms with Crippen molar-refractivity contribution in [3.63, 3.8) is 0 Å². The first-order valence-electron chi connectivity index (χ1n) is 7.46. The number of rotatable bonds is 2. The van der Waals surface area contributed by atoms with E-state index in [0.717, 1.165) is 40.6 Å². The molecule has 0 atom stereocenters. The predicted octanol–water partition coefficient (Wildman–Crippen LogP) is 5.96. The lowest BCUT2D eigenvalue weighted by Gasteiger charge is -2.13. The quantitative estimate of drug-likeness (QED) is 0.578. The summed E-state index contributed by atoms with van der Waals surface area (Å²) in [5.41, 5.74) is 4.21. The van der Waals surface area contributed by atoms with Gasteiger partial charge in [0.2, 0.25) is 0 Å². The molecule has 3 aromatic rings. The van der Waals surface area contributed by atoms with Gasteiger partial charge in [0.25, 0.3) is 0 Å². The van der Waals surface area contributed by atoms with Gasteiger partial charge in [-0.25, -0.2) is 0 Å². The zero-order valence-electron chi connectivity index (χ0n) is 12.2. The summed E-state index contributed by atoms with van der Waals surface area (Å²) in [7, 11) is 0. The maximum Gasteiger partial charge on any atom is 0.102 e. The van der Waals surface area contributed by atoms with Crippen molar-refractivity contribution < 1.29 is 0 Å². The molecule has 4 heteroatoms. The molecule has 0 radical (unpaired) electrons. The van der Waals surface area contributed by atoms with Gasteiger partial charge in [-0.3, -0.25) is 4.98 Å². The minimum atomic E-state index is 0.391. The summed E-state index contributed by atoms with van der Waals surface area (Å²) >= 11 is 12.3. The van der Waals surface area contributed by atoms with Crippen molar-refractivity contribution in [1.29, 1.82) is 5.26 Å². The fourth-order valence-corrected chi connectivity index (χ4v) is 3.33. The zero-order chi connectivity index (χ0) is 16.0. The average molecular weight is 339 g/mol. The number of benzene rings is 2. The van der Waals surface area contributed by atoms with Gasteiger partial charge in [-0.2, -0.15) is 5.26 Å².